The molecule has 4 nitrogen and oxygen atoms in total. The first-order chi connectivity index (χ1) is 8.79. The fourth-order valence-corrected chi connectivity index (χ4v) is 2.68. The van der Waals surface area contributed by atoms with Gasteiger partial charge in [-0.1, -0.05) is 19.1 Å². The smallest absolute Gasteiger partial charge is 0.206 e. The Morgan fingerprint density at radius 2 is 1.83 bits per heavy atom. The molecule has 1 fully saturated rings. The second kappa shape index (κ2) is 4.61. The lowest BCUT2D eigenvalue weighted by atomic mass is 10.3. The van der Waals surface area contributed by atoms with Crippen LogP contribution in [-0.4, -0.2) is 47.2 Å². The van der Waals surface area contributed by atoms with E-state index in [-0.39, 0.29) is 0 Å². The van der Waals surface area contributed by atoms with Gasteiger partial charge in [-0.05, 0) is 18.7 Å². The number of fused-ring (bicyclic) bond motifs is 1. The molecule has 4 heteroatoms. The van der Waals surface area contributed by atoms with Crippen LogP contribution in [0.3, 0.4) is 0 Å². The van der Waals surface area contributed by atoms with E-state index in [4.69, 9.17) is 4.98 Å². The predicted octanol–water partition coefficient (Wildman–Crippen LogP) is 1.72. The number of hydrogen-bond acceptors (Lipinski definition) is 3. The number of anilines is 1. The molecule has 1 saturated heterocycles. The van der Waals surface area contributed by atoms with Crippen molar-refractivity contribution in [2.75, 3.05) is 37.6 Å². The van der Waals surface area contributed by atoms with Crippen molar-refractivity contribution in [2.24, 2.45) is 7.05 Å². The summed E-state index contributed by atoms with van der Waals surface area (Å²) in [4.78, 5) is 9.64. The first-order valence-electron chi connectivity index (χ1n) is 6.68. The number of likely N-dealkylation sites (N-methyl/N-ethyl adjacent to an activating group) is 1. The van der Waals surface area contributed by atoms with E-state index in [9.17, 15) is 0 Å². The van der Waals surface area contributed by atoms with Crippen LogP contribution < -0.4 is 4.90 Å². The maximum absolute atomic E-state index is 4.76. The third kappa shape index (κ3) is 1.86. The molecule has 0 aliphatic carbocycles. The van der Waals surface area contributed by atoms with Crippen LogP contribution in [0.15, 0.2) is 24.3 Å². The van der Waals surface area contributed by atoms with Gasteiger partial charge in [0.2, 0.25) is 5.95 Å². The van der Waals surface area contributed by atoms with Gasteiger partial charge in [0.1, 0.15) is 0 Å². The van der Waals surface area contributed by atoms with E-state index in [0.29, 0.717) is 0 Å². The molecule has 1 aliphatic heterocycles. The molecule has 3 rings (SSSR count). The Bertz CT molecular complexity index is 538. The van der Waals surface area contributed by atoms with Gasteiger partial charge in [0, 0.05) is 33.2 Å². The second-order valence-corrected chi connectivity index (χ2v) is 4.88. The van der Waals surface area contributed by atoms with E-state index in [0.717, 1.165) is 44.2 Å². The first-order valence-corrected chi connectivity index (χ1v) is 6.68. The van der Waals surface area contributed by atoms with Gasteiger partial charge < -0.3 is 14.4 Å². The summed E-state index contributed by atoms with van der Waals surface area (Å²) in [5.41, 5.74) is 2.30. The monoisotopic (exact) mass is 244 g/mol. The SMILES string of the molecule is CCN1CCN(c2nc3ccccc3n2C)CC1. The van der Waals surface area contributed by atoms with Crippen molar-refractivity contribution in [3.63, 3.8) is 0 Å². The molecule has 0 unspecified atom stereocenters. The first kappa shape index (κ1) is 11.5. The highest BCUT2D eigenvalue weighted by Gasteiger charge is 2.19. The van der Waals surface area contributed by atoms with E-state index >= 15 is 0 Å². The highest BCUT2D eigenvalue weighted by molar-refractivity contribution is 5.78. The summed E-state index contributed by atoms with van der Waals surface area (Å²) in [6.07, 6.45) is 0. The van der Waals surface area contributed by atoms with Crippen LogP contribution >= 0.6 is 0 Å². The van der Waals surface area contributed by atoms with Crippen LogP contribution in [0.1, 0.15) is 6.92 Å². The summed E-state index contributed by atoms with van der Waals surface area (Å²) in [6.45, 7) is 7.80. The van der Waals surface area contributed by atoms with Crippen molar-refractivity contribution in [1.82, 2.24) is 14.5 Å². The molecule has 0 saturated carbocycles. The van der Waals surface area contributed by atoms with Crippen molar-refractivity contribution in [3.05, 3.63) is 24.3 Å². The van der Waals surface area contributed by atoms with Crippen molar-refractivity contribution in [3.8, 4) is 0 Å². The van der Waals surface area contributed by atoms with Crippen LogP contribution in [0.2, 0.25) is 0 Å². The Balaban J connectivity index is 1.89. The summed E-state index contributed by atoms with van der Waals surface area (Å²) >= 11 is 0. The van der Waals surface area contributed by atoms with E-state index in [1.54, 1.807) is 0 Å². The molecule has 96 valence electrons. The minimum Gasteiger partial charge on any atom is -0.340 e. The minimum atomic E-state index is 1.07. The molecular formula is C14H20N4. The fourth-order valence-electron chi connectivity index (χ4n) is 2.68. The predicted molar refractivity (Wildman–Crippen MR) is 75.0 cm³/mol. The molecule has 2 aromatic rings. The zero-order valence-electron chi connectivity index (χ0n) is 11.1. The Morgan fingerprint density at radius 1 is 1.11 bits per heavy atom. The van der Waals surface area contributed by atoms with Crippen molar-refractivity contribution < 1.29 is 0 Å². The van der Waals surface area contributed by atoms with Crippen LogP contribution in [0.4, 0.5) is 5.95 Å². The number of rotatable bonds is 2. The average Bonchev–Trinajstić information content (AvgIpc) is 2.77. The van der Waals surface area contributed by atoms with Crippen LogP contribution in [0, 0.1) is 0 Å². The topological polar surface area (TPSA) is 24.3 Å². The Kier molecular flexibility index (Phi) is 2.96. The number of piperazine rings is 1. The molecule has 1 aliphatic rings. The van der Waals surface area contributed by atoms with Crippen LogP contribution in [0.5, 0.6) is 0 Å². The van der Waals surface area contributed by atoms with Gasteiger partial charge in [0.05, 0.1) is 11.0 Å². The molecule has 1 aromatic carbocycles. The molecule has 0 atom stereocenters. The van der Waals surface area contributed by atoms with E-state index in [2.05, 4.69) is 46.5 Å². The van der Waals surface area contributed by atoms with Crippen LogP contribution in [0.25, 0.3) is 11.0 Å². The summed E-state index contributed by atoms with van der Waals surface area (Å²) in [7, 11) is 2.11. The maximum atomic E-state index is 4.76. The standard InChI is InChI=1S/C14H20N4/c1-3-17-8-10-18(11-9-17)14-15-12-6-4-5-7-13(12)16(14)2/h4-7H,3,8-11H2,1-2H3. The number of hydrogen-bond donors (Lipinski definition) is 0. The molecular weight excluding hydrogens is 224 g/mol. The van der Waals surface area contributed by atoms with Gasteiger partial charge in [0.25, 0.3) is 0 Å². The summed E-state index contributed by atoms with van der Waals surface area (Å²) < 4.78 is 2.21. The third-order valence-electron chi connectivity index (χ3n) is 3.87. The van der Waals surface area contributed by atoms with Gasteiger partial charge in [0.15, 0.2) is 0 Å². The number of para-hydroxylation sites is 2. The molecule has 18 heavy (non-hydrogen) atoms. The van der Waals surface area contributed by atoms with Gasteiger partial charge in [-0.3, -0.25) is 0 Å². The fraction of sp³-hybridized carbons (Fsp3) is 0.500. The highest BCUT2D eigenvalue weighted by atomic mass is 15.3. The molecule has 0 bridgehead atoms. The Hall–Kier alpha value is -1.55. The van der Waals surface area contributed by atoms with Crippen molar-refractivity contribution >= 4 is 17.0 Å². The maximum Gasteiger partial charge on any atom is 0.206 e. The van der Waals surface area contributed by atoms with Gasteiger partial charge in [-0.15, -0.1) is 0 Å². The van der Waals surface area contributed by atoms with E-state index in [1.165, 1.54) is 5.52 Å². The normalized spacial score (nSPS) is 17.6. The third-order valence-corrected chi connectivity index (χ3v) is 3.87. The Labute approximate surface area is 108 Å². The lowest BCUT2D eigenvalue weighted by Gasteiger charge is -2.34. The number of imidazole rings is 1. The molecule has 0 N–H and O–H groups in total. The summed E-state index contributed by atoms with van der Waals surface area (Å²) in [5.74, 6) is 1.10. The van der Waals surface area contributed by atoms with Gasteiger partial charge in [-0.2, -0.15) is 0 Å². The zero-order chi connectivity index (χ0) is 12.5. The van der Waals surface area contributed by atoms with Gasteiger partial charge in [-0.25, -0.2) is 4.98 Å². The minimum absolute atomic E-state index is 1.07. The lowest BCUT2D eigenvalue weighted by Crippen LogP contribution is -2.47. The van der Waals surface area contributed by atoms with Crippen molar-refractivity contribution in [1.29, 1.82) is 0 Å². The number of benzene rings is 1. The number of aryl methyl sites for hydroxylation is 1. The number of aromatic nitrogens is 2. The average molecular weight is 244 g/mol. The molecule has 0 spiro atoms. The summed E-state index contributed by atoms with van der Waals surface area (Å²) in [5, 5.41) is 0. The molecule has 0 amide bonds. The summed E-state index contributed by atoms with van der Waals surface area (Å²) in [6, 6.07) is 8.34. The lowest BCUT2D eigenvalue weighted by molar-refractivity contribution is 0.269. The highest BCUT2D eigenvalue weighted by Crippen LogP contribution is 2.21. The zero-order valence-corrected chi connectivity index (χ0v) is 11.1. The van der Waals surface area contributed by atoms with Crippen LogP contribution in [-0.2, 0) is 7.05 Å². The largest absolute Gasteiger partial charge is 0.340 e. The number of nitrogens with zero attached hydrogens (tertiary/aromatic N) is 4. The van der Waals surface area contributed by atoms with Gasteiger partial charge >= 0.3 is 0 Å². The van der Waals surface area contributed by atoms with E-state index < -0.39 is 0 Å². The molecule has 1 aromatic heterocycles. The molecule has 0 radical (unpaired) electrons. The van der Waals surface area contributed by atoms with E-state index in [1.807, 2.05) is 6.07 Å². The Morgan fingerprint density at radius 3 is 2.50 bits per heavy atom. The quantitative estimate of drug-likeness (QED) is 0.804. The van der Waals surface area contributed by atoms with Crippen molar-refractivity contribution in [2.45, 2.75) is 6.92 Å². The second-order valence-electron chi connectivity index (χ2n) is 4.88. The molecule has 2 heterocycles.